The molecular weight excluding hydrogens is 524 g/mol. The average Bonchev–Trinajstić information content (AvgIpc) is 3.27. The summed E-state index contributed by atoms with van der Waals surface area (Å²) in [4.78, 5) is 76.4. The summed E-state index contributed by atoms with van der Waals surface area (Å²) in [5, 5.41) is 26.8. The molecule has 14 nitrogen and oxygen atoms in total. The molecule has 0 saturated heterocycles. The summed E-state index contributed by atoms with van der Waals surface area (Å²) in [6.45, 7) is 3.67. The van der Waals surface area contributed by atoms with Gasteiger partial charge in [0.1, 0.15) is 18.1 Å². The quantitative estimate of drug-likeness (QED) is 0.130. The van der Waals surface area contributed by atoms with E-state index in [0.29, 0.717) is 5.56 Å². The molecule has 40 heavy (non-hydrogen) atoms. The van der Waals surface area contributed by atoms with Crippen molar-refractivity contribution < 1.29 is 39.0 Å². The molecule has 4 amide bonds. The predicted octanol–water partition coefficient (Wildman–Crippen LogP) is -0.637. The number of primary amides is 1. The Labute approximate surface area is 230 Å². The van der Waals surface area contributed by atoms with E-state index in [-0.39, 0.29) is 31.6 Å². The number of benzene rings is 1. The third kappa shape index (κ3) is 9.69. The molecule has 1 aromatic carbocycles. The zero-order valence-corrected chi connectivity index (χ0v) is 22.3. The number of para-hydroxylation sites is 1. The SMILES string of the molecule is CC(C)C[C@H](N)C(=O)N[C@@H](CC(=O)O)C(=O)N[C@@H](CCC(N)=O)C(=O)N[C@@H](Cc1c[nH]c2ccccc12)C(=O)O. The zero-order chi connectivity index (χ0) is 30.0. The standard InChI is InChI=1S/C26H36N6O8/c1-13(2)9-16(27)23(36)31-19(11-22(34)35)25(38)30-18(7-8-21(28)33)24(37)32-20(26(39)40)10-14-12-29-17-6-4-3-5-15(14)17/h3-6,12-13,16,18-20,29H,7-11,27H2,1-2H3,(H2,28,33)(H,30,38)(H,31,36)(H,32,37)(H,34,35)(H,39,40)/t16-,18-,19-,20-/m0/s1. The lowest BCUT2D eigenvalue weighted by atomic mass is 10.0. The number of carboxylic acids is 2. The van der Waals surface area contributed by atoms with E-state index in [9.17, 15) is 39.0 Å². The van der Waals surface area contributed by atoms with Crippen LogP contribution in [0.25, 0.3) is 10.9 Å². The third-order valence-corrected chi connectivity index (χ3v) is 6.10. The number of nitrogens with two attached hydrogens (primary N) is 2. The smallest absolute Gasteiger partial charge is 0.326 e. The number of aromatic nitrogens is 1. The first-order valence-electron chi connectivity index (χ1n) is 12.7. The summed E-state index contributed by atoms with van der Waals surface area (Å²) >= 11 is 0. The van der Waals surface area contributed by atoms with E-state index in [2.05, 4.69) is 20.9 Å². The minimum atomic E-state index is -1.59. The van der Waals surface area contributed by atoms with E-state index in [1.165, 1.54) is 0 Å². The van der Waals surface area contributed by atoms with Gasteiger partial charge in [0.15, 0.2) is 0 Å². The lowest BCUT2D eigenvalue weighted by molar-refractivity contribution is -0.143. The van der Waals surface area contributed by atoms with Crippen molar-refractivity contribution in [3.05, 3.63) is 36.0 Å². The molecule has 0 saturated carbocycles. The van der Waals surface area contributed by atoms with Gasteiger partial charge in [0.25, 0.3) is 0 Å². The van der Waals surface area contributed by atoms with Crippen molar-refractivity contribution in [3.63, 3.8) is 0 Å². The van der Waals surface area contributed by atoms with Crippen LogP contribution in [0.2, 0.25) is 0 Å². The molecule has 2 aromatic rings. The topological polar surface area (TPSA) is 247 Å². The molecule has 218 valence electrons. The van der Waals surface area contributed by atoms with E-state index >= 15 is 0 Å². The molecule has 0 fully saturated rings. The normalized spacial score (nSPS) is 14.1. The van der Waals surface area contributed by atoms with Crippen LogP contribution in [0.1, 0.15) is 45.1 Å². The first kappa shape index (κ1) is 31.8. The number of carboxylic acid groups (broad SMARTS) is 2. The Hall–Kier alpha value is -4.46. The monoisotopic (exact) mass is 560 g/mol. The van der Waals surface area contributed by atoms with Gasteiger partial charge < -0.3 is 42.6 Å². The number of aliphatic carboxylic acids is 2. The van der Waals surface area contributed by atoms with Crippen molar-refractivity contribution in [2.75, 3.05) is 0 Å². The van der Waals surface area contributed by atoms with E-state index in [4.69, 9.17) is 11.5 Å². The number of carbonyl (C=O) groups is 6. The highest BCUT2D eigenvalue weighted by Crippen LogP contribution is 2.19. The maximum Gasteiger partial charge on any atom is 0.326 e. The fourth-order valence-corrected chi connectivity index (χ4v) is 4.10. The molecular formula is C26H36N6O8. The van der Waals surface area contributed by atoms with Crippen LogP contribution in [0.4, 0.5) is 0 Å². The van der Waals surface area contributed by atoms with Gasteiger partial charge in [0, 0.05) is 29.9 Å². The van der Waals surface area contributed by atoms with Gasteiger partial charge in [-0.15, -0.1) is 0 Å². The molecule has 0 unspecified atom stereocenters. The fourth-order valence-electron chi connectivity index (χ4n) is 4.10. The van der Waals surface area contributed by atoms with Crippen LogP contribution >= 0.6 is 0 Å². The molecule has 4 atom stereocenters. The van der Waals surface area contributed by atoms with Crippen LogP contribution in [0.5, 0.6) is 0 Å². The van der Waals surface area contributed by atoms with E-state index < -0.39 is 66.2 Å². The summed E-state index contributed by atoms with van der Waals surface area (Å²) in [6, 6.07) is 1.75. The van der Waals surface area contributed by atoms with Gasteiger partial charge in [-0.3, -0.25) is 24.0 Å². The largest absolute Gasteiger partial charge is 0.481 e. The molecule has 2 rings (SSSR count). The zero-order valence-electron chi connectivity index (χ0n) is 22.3. The maximum absolute atomic E-state index is 13.1. The van der Waals surface area contributed by atoms with Gasteiger partial charge in [-0.2, -0.15) is 0 Å². The first-order chi connectivity index (χ1) is 18.8. The number of carbonyl (C=O) groups excluding carboxylic acids is 4. The van der Waals surface area contributed by atoms with Crippen molar-refractivity contribution in [1.82, 2.24) is 20.9 Å². The predicted molar refractivity (Wildman–Crippen MR) is 144 cm³/mol. The lowest BCUT2D eigenvalue weighted by Gasteiger charge is -2.24. The molecule has 0 spiro atoms. The summed E-state index contributed by atoms with van der Waals surface area (Å²) < 4.78 is 0. The Balaban J connectivity index is 2.20. The number of amides is 4. The van der Waals surface area contributed by atoms with Crippen molar-refractivity contribution in [1.29, 1.82) is 0 Å². The van der Waals surface area contributed by atoms with Gasteiger partial charge in [0.2, 0.25) is 23.6 Å². The minimum Gasteiger partial charge on any atom is -0.481 e. The second-order valence-corrected chi connectivity index (χ2v) is 9.92. The Kier molecular flexibility index (Phi) is 11.6. The molecule has 10 N–H and O–H groups in total. The van der Waals surface area contributed by atoms with E-state index in [1.54, 1.807) is 18.3 Å². The van der Waals surface area contributed by atoms with Crippen LogP contribution in [0.3, 0.4) is 0 Å². The number of fused-ring (bicyclic) bond motifs is 1. The minimum absolute atomic E-state index is 0.0563. The summed E-state index contributed by atoms with van der Waals surface area (Å²) in [5.74, 6) is -6.18. The van der Waals surface area contributed by atoms with Gasteiger partial charge in [-0.1, -0.05) is 32.0 Å². The van der Waals surface area contributed by atoms with Crippen LogP contribution in [-0.2, 0) is 35.2 Å². The third-order valence-electron chi connectivity index (χ3n) is 6.10. The number of rotatable bonds is 16. The van der Waals surface area contributed by atoms with E-state index in [1.807, 2.05) is 26.0 Å². The van der Waals surface area contributed by atoms with Gasteiger partial charge >= 0.3 is 11.9 Å². The molecule has 0 aliphatic rings. The van der Waals surface area contributed by atoms with Crippen LogP contribution in [0.15, 0.2) is 30.5 Å². The summed E-state index contributed by atoms with van der Waals surface area (Å²) in [7, 11) is 0. The van der Waals surface area contributed by atoms with Crippen LogP contribution < -0.4 is 27.4 Å². The number of hydrogen-bond acceptors (Lipinski definition) is 7. The van der Waals surface area contributed by atoms with Crippen molar-refractivity contribution in [2.45, 2.75) is 70.1 Å². The highest BCUT2D eigenvalue weighted by molar-refractivity contribution is 5.96. The molecule has 0 aliphatic heterocycles. The fraction of sp³-hybridized carbons (Fsp3) is 0.462. The molecule has 1 aromatic heterocycles. The highest BCUT2D eigenvalue weighted by Gasteiger charge is 2.32. The average molecular weight is 561 g/mol. The molecule has 1 heterocycles. The van der Waals surface area contributed by atoms with Crippen LogP contribution in [0, 0.1) is 5.92 Å². The second kappa shape index (κ2) is 14.6. The Morgan fingerprint density at radius 3 is 2.10 bits per heavy atom. The molecule has 0 aliphatic carbocycles. The number of nitrogens with one attached hydrogen (secondary N) is 4. The number of aromatic amines is 1. The number of H-pyrrole nitrogens is 1. The second-order valence-electron chi connectivity index (χ2n) is 9.92. The Morgan fingerprint density at radius 1 is 0.900 bits per heavy atom. The lowest BCUT2D eigenvalue weighted by Crippen LogP contribution is -2.57. The van der Waals surface area contributed by atoms with Crippen LogP contribution in [-0.4, -0.2) is 74.9 Å². The Morgan fingerprint density at radius 2 is 1.50 bits per heavy atom. The van der Waals surface area contributed by atoms with Crippen molar-refractivity contribution in [2.24, 2.45) is 17.4 Å². The van der Waals surface area contributed by atoms with Gasteiger partial charge in [-0.05, 0) is 30.4 Å². The number of hydrogen-bond donors (Lipinski definition) is 8. The highest BCUT2D eigenvalue weighted by atomic mass is 16.4. The molecule has 0 radical (unpaired) electrons. The first-order valence-corrected chi connectivity index (χ1v) is 12.7. The van der Waals surface area contributed by atoms with Crippen molar-refractivity contribution in [3.8, 4) is 0 Å². The van der Waals surface area contributed by atoms with Crippen molar-refractivity contribution >= 4 is 46.5 Å². The van der Waals surface area contributed by atoms with E-state index in [0.717, 1.165) is 10.9 Å². The van der Waals surface area contributed by atoms with Gasteiger partial charge in [0.05, 0.1) is 12.5 Å². The maximum atomic E-state index is 13.1. The molecule has 0 bridgehead atoms. The van der Waals surface area contributed by atoms with Gasteiger partial charge in [-0.25, -0.2) is 4.79 Å². The molecule has 14 heteroatoms. The Bertz CT molecular complexity index is 1240. The summed E-state index contributed by atoms with van der Waals surface area (Å²) in [6.07, 6.45) is 0.369. The summed E-state index contributed by atoms with van der Waals surface area (Å²) in [5.41, 5.74) is 12.4.